The van der Waals surface area contributed by atoms with Crippen LogP contribution in [0.4, 0.5) is 17.1 Å². The fourth-order valence-electron chi connectivity index (χ4n) is 10.1. The van der Waals surface area contributed by atoms with Crippen molar-refractivity contribution >= 4 is 38.6 Å². The number of fused-ring (bicyclic) bond motifs is 8. The average molecular weight is 716 g/mol. The van der Waals surface area contributed by atoms with Crippen LogP contribution in [0, 0.1) is 13.8 Å². The Kier molecular flexibility index (Phi) is 7.10. The van der Waals surface area contributed by atoms with E-state index < -0.39 is 0 Å². The van der Waals surface area contributed by atoms with Crippen LogP contribution in [0.2, 0.25) is 0 Å². The van der Waals surface area contributed by atoms with Gasteiger partial charge in [-0.2, -0.15) is 0 Å². The highest BCUT2D eigenvalue weighted by Crippen LogP contribution is 2.62. The van der Waals surface area contributed by atoms with Crippen LogP contribution in [-0.4, -0.2) is 0 Å². The van der Waals surface area contributed by atoms with E-state index in [4.69, 9.17) is 0 Å². The minimum atomic E-state index is -0.234. The van der Waals surface area contributed by atoms with Crippen LogP contribution in [0.15, 0.2) is 176 Å². The van der Waals surface area contributed by atoms with E-state index in [1.165, 1.54) is 105 Å². The molecular formula is C55H41N. The van der Waals surface area contributed by atoms with Gasteiger partial charge in [-0.05, 0) is 156 Å². The smallest absolute Gasteiger partial charge is 0.0465 e. The molecule has 0 aliphatic heterocycles. The molecule has 0 saturated carbocycles. The number of para-hydroxylation sites is 2. The lowest BCUT2D eigenvalue weighted by Crippen LogP contribution is -2.16. The third-order valence-electron chi connectivity index (χ3n) is 12.7. The first-order valence-electron chi connectivity index (χ1n) is 19.8. The summed E-state index contributed by atoms with van der Waals surface area (Å²) in [6, 6.07) is 65.3. The average Bonchev–Trinajstić information content (AvgIpc) is 3.67. The minimum absolute atomic E-state index is 0.234. The molecule has 0 saturated heterocycles. The Morgan fingerprint density at radius 1 is 0.339 bits per heavy atom. The number of rotatable bonds is 5. The Morgan fingerprint density at radius 2 is 0.839 bits per heavy atom. The lowest BCUT2D eigenvalue weighted by atomic mass is 9.79. The Balaban J connectivity index is 1.22. The van der Waals surface area contributed by atoms with Gasteiger partial charge in [-0.25, -0.2) is 0 Å². The van der Waals surface area contributed by atoms with Crippen LogP contribution in [-0.2, 0) is 5.41 Å². The molecule has 0 spiro atoms. The first-order chi connectivity index (χ1) is 27.4. The van der Waals surface area contributed by atoms with Crippen LogP contribution in [0.5, 0.6) is 0 Å². The molecule has 1 heteroatoms. The number of nitrogens with zero attached hydrogens (tertiary/aromatic N) is 1. The summed E-state index contributed by atoms with van der Waals surface area (Å²) in [5.41, 5.74) is 21.9. The Hall–Kier alpha value is -6.70. The fourth-order valence-corrected chi connectivity index (χ4v) is 10.1. The quantitative estimate of drug-likeness (QED) is 0.171. The number of hydrogen-bond donors (Lipinski definition) is 0. The molecule has 0 amide bonds. The number of hydrogen-bond acceptors (Lipinski definition) is 1. The first-order valence-corrected chi connectivity index (χ1v) is 19.8. The summed E-state index contributed by atoms with van der Waals surface area (Å²) in [4.78, 5) is 2.38. The van der Waals surface area contributed by atoms with Crippen LogP contribution in [0.25, 0.3) is 77.2 Å². The van der Waals surface area contributed by atoms with Crippen LogP contribution in [0.1, 0.15) is 36.1 Å². The molecule has 9 aromatic rings. The molecule has 0 aromatic heterocycles. The van der Waals surface area contributed by atoms with Gasteiger partial charge >= 0.3 is 0 Å². The lowest BCUT2D eigenvalue weighted by Gasteiger charge is -2.28. The number of benzene rings is 9. The largest absolute Gasteiger partial charge is 0.310 e. The molecule has 0 unspecified atom stereocenters. The maximum atomic E-state index is 2.58. The van der Waals surface area contributed by atoms with Gasteiger partial charge in [0.25, 0.3) is 0 Å². The molecule has 9 aromatic carbocycles. The van der Waals surface area contributed by atoms with E-state index in [2.05, 4.69) is 209 Å². The van der Waals surface area contributed by atoms with Crippen molar-refractivity contribution in [2.24, 2.45) is 0 Å². The second-order valence-corrected chi connectivity index (χ2v) is 16.1. The van der Waals surface area contributed by atoms with E-state index in [9.17, 15) is 0 Å². The molecule has 0 heterocycles. The molecule has 266 valence electrons. The Labute approximate surface area is 329 Å². The van der Waals surface area contributed by atoms with Crippen molar-refractivity contribution in [1.82, 2.24) is 0 Å². The summed E-state index contributed by atoms with van der Waals surface area (Å²) in [7, 11) is 0. The topological polar surface area (TPSA) is 3.24 Å². The van der Waals surface area contributed by atoms with Gasteiger partial charge in [-0.15, -0.1) is 0 Å². The minimum Gasteiger partial charge on any atom is -0.310 e. The molecule has 0 radical (unpaired) electrons. The van der Waals surface area contributed by atoms with Crippen molar-refractivity contribution in [2.75, 3.05) is 4.90 Å². The Morgan fingerprint density at radius 3 is 1.43 bits per heavy atom. The van der Waals surface area contributed by atoms with Gasteiger partial charge < -0.3 is 4.90 Å². The van der Waals surface area contributed by atoms with Gasteiger partial charge in [-0.1, -0.05) is 147 Å². The van der Waals surface area contributed by atoms with Crippen molar-refractivity contribution in [3.63, 3.8) is 0 Å². The second-order valence-electron chi connectivity index (χ2n) is 16.1. The van der Waals surface area contributed by atoms with Crippen molar-refractivity contribution in [3.05, 3.63) is 198 Å². The number of anilines is 3. The monoisotopic (exact) mass is 715 g/mol. The van der Waals surface area contributed by atoms with Gasteiger partial charge in [0, 0.05) is 22.5 Å². The van der Waals surface area contributed by atoms with E-state index >= 15 is 0 Å². The zero-order chi connectivity index (χ0) is 37.7. The van der Waals surface area contributed by atoms with Gasteiger partial charge in [0.05, 0.1) is 0 Å². The molecule has 2 aliphatic rings. The zero-order valence-corrected chi connectivity index (χ0v) is 32.2. The molecule has 2 aliphatic carbocycles. The van der Waals surface area contributed by atoms with E-state index in [0.29, 0.717) is 0 Å². The van der Waals surface area contributed by atoms with E-state index in [1.807, 2.05) is 0 Å². The van der Waals surface area contributed by atoms with E-state index in [1.54, 1.807) is 0 Å². The maximum absolute atomic E-state index is 2.58. The molecule has 0 bridgehead atoms. The first kappa shape index (κ1) is 32.7. The summed E-state index contributed by atoms with van der Waals surface area (Å²) >= 11 is 0. The summed E-state index contributed by atoms with van der Waals surface area (Å²) in [6.45, 7) is 9.37. The molecular weight excluding hydrogens is 675 g/mol. The highest BCUT2D eigenvalue weighted by Gasteiger charge is 2.41. The predicted molar refractivity (Wildman–Crippen MR) is 238 cm³/mol. The normalized spacial score (nSPS) is 13.1. The van der Waals surface area contributed by atoms with Crippen molar-refractivity contribution < 1.29 is 0 Å². The van der Waals surface area contributed by atoms with Gasteiger partial charge in [-0.3, -0.25) is 0 Å². The van der Waals surface area contributed by atoms with Crippen molar-refractivity contribution in [1.29, 1.82) is 0 Å². The van der Waals surface area contributed by atoms with E-state index in [0.717, 1.165) is 11.4 Å². The standard InChI is InChI=1S/C55H41N/c1-34-18-11-13-24-39(34)51-41-26-15-16-27-42(41)52(40-25-14-12-19-35(40)2)54-46-33-48-50(44-28-17-29-45(49(44)46)53(51)54)43-31-30-38(32-47(43)55(48,3)4)56(36-20-7-5-8-21-36)37-22-9-6-10-23-37/h5-33H,1-4H3. The SMILES string of the molecule is Cc1ccccc1-c1c2c(c(-c3ccccc3C)c3ccccc13)-c1cc3c(c4cccc-2c14)-c1ccc(N(c2ccccc2)c2ccccc2)cc1C3(C)C. The molecule has 0 atom stereocenters. The predicted octanol–water partition coefficient (Wildman–Crippen LogP) is 15.4. The van der Waals surface area contributed by atoms with E-state index in [-0.39, 0.29) is 5.41 Å². The maximum Gasteiger partial charge on any atom is 0.0465 e. The highest BCUT2D eigenvalue weighted by atomic mass is 15.1. The third-order valence-corrected chi connectivity index (χ3v) is 12.7. The zero-order valence-electron chi connectivity index (χ0n) is 32.2. The molecule has 1 nitrogen and oxygen atoms in total. The fraction of sp³-hybridized carbons (Fsp3) is 0.0909. The van der Waals surface area contributed by atoms with Gasteiger partial charge in [0.2, 0.25) is 0 Å². The summed E-state index contributed by atoms with van der Waals surface area (Å²) in [5.74, 6) is 0. The second kappa shape index (κ2) is 12.2. The molecule has 56 heavy (non-hydrogen) atoms. The summed E-state index contributed by atoms with van der Waals surface area (Å²) in [6.07, 6.45) is 0. The van der Waals surface area contributed by atoms with Crippen LogP contribution < -0.4 is 4.90 Å². The third kappa shape index (κ3) is 4.55. The van der Waals surface area contributed by atoms with Gasteiger partial charge in [0.15, 0.2) is 0 Å². The van der Waals surface area contributed by atoms with Crippen LogP contribution in [0.3, 0.4) is 0 Å². The van der Waals surface area contributed by atoms with Crippen molar-refractivity contribution in [3.8, 4) is 55.6 Å². The van der Waals surface area contributed by atoms with Gasteiger partial charge in [0.1, 0.15) is 0 Å². The number of aryl methyl sites for hydroxylation is 2. The molecule has 11 rings (SSSR count). The molecule has 0 fully saturated rings. The lowest BCUT2D eigenvalue weighted by molar-refractivity contribution is 0.661. The van der Waals surface area contributed by atoms with Crippen molar-refractivity contribution in [2.45, 2.75) is 33.1 Å². The Bertz CT molecular complexity index is 3020. The summed E-state index contributed by atoms with van der Waals surface area (Å²) in [5, 5.41) is 5.30. The van der Waals surface area contributed by atoms with Crippen LogP contribution >= 0.6 is 0 Å². The highest BCUT2D eigenvalue weighted by molar-refractivity contribution is 6.29. The summed E-state index contributed by atoms with van der Waals surface area (Å²) < 4.78 is 0. The molecule has 0 N–H and O–H groups in total.